The zero-order valence-electron chi connectivity index (χ0n) is 11.8. The highest BCUT2D eigenvalue weighted by atomic mass is 32.2. The number of hydrogen-bond acceptors (Lipinski definition) is 4. The Hall–Kier alpha value is -2.93. The zero-order valence-corrected chi connectivity index (χ0v) is 12.7. The summed E-state index contributed by atoms with van der Waals surface area (Å²) in [5, 5.41) is 11.1. The Labute approximate surface area is 132 Å². The number of nitro groups is 1. The van der Waals surface area contributed by atoms with Gasteiger partial charge in [-0.25, -0.2) is 8.42 Å². The number of sulfone groups is 1. The molecule has 0 amide bonds. The van der Waals surface area contributed by atoms with E-state index in [2.05, 4.69) is 4.98 Å². The Morgan fingerprint density at radius 1 is 1.04 bits per heavy atom. The Morgan fingerprint density at radius 2 is 1.78 bits per heavy atom. The standard InChI is InChI=1S/C16H12N2O4S/c19-18(20)9-8-12-11-17-16-7-6-14(10-15(12)16)23(21,22)13-4-2-1-3-5-13/h1-11,17H/b9-8+. The molecule has 2 aromatic carbocycles. The van der Waals surface area contributed by atoms with Gasteiger partial charge in [-0.3, -0.25) is 10.1 Å². The molecule has 0 aliphatic carbocycles. The molecule has 6 nitrogen and oxygen atoms in total. The summed E-state index contributed by atoms with van der Waals surface area (Å²) in [5.74, 6) is 0. The van der Waals surface area contributed by atoms with Crippen LogP contribution in [0.3, 0.4) is 0 Å². The highest BCUT2D eigenvalue weighted by Crippen LogP contribution is 2.27. The maximum atomic E-state index is 12.6. The van der Waals surface area contributed by atoms with Gasteiger partial charge in [0.25, 0.3) is 0 Å². The Morgan fingerprint density at radius 3 is 2.48 bits per heavy atom. The highest BCUT2D eigenvalue weighted by Gasteiger charge is 2.18. The molecule has 7 heteroatoms. The summed E-state index contributed by atoms with van der Waals surface area (Å²) in [7, 11) is -3.63. The molecule has 1 heterocycles. The quantitative estimate of drug-likeness (QED) is 0.587. The minimum atomic E-state index is -3.63. The fraction of sp³-hybridized carbons (Fsp3) is 0. The van der Waals surface area contributed by atoms with Crippen molar-refractivity contribution in [2.75, 3.05) is 0 Å². The van der Waals surface area contributed by atoms with E-state index in [1.165, 1.54) is 30.3 Å². The number of fused-ring (bicyclic) bond motifs is 1. The van der Waals surface area contributed by atoms with E-state index < -0.39 is 14.8 Å². The van der Waals surface area contributed by atoms with Gasteiger partial charge >= 0.3 is 0 Å². The second-order valence-corrected chi connectivity index (χ2v) is 6.82. The predicted molar refractivity (Wildman–Crippen MR) is 86.2 cm³/mol. The Balaban J connectivity index is 2.13. The monoisotopic (exact) mass is 328 g/mol. The van der Waals surface area contributed by atoms with Gasteiger partial charge in [0.2, 0.25) is 16.0 Å². The lowest BCUT2D eigenvalue weighted by atomic mass is 10.2. The first-order valence-electron chi connectivity index (χ1n) is 6.71. The van der Waals surface area contributed by atoms with Crippen LogP contribution in [0.5, 0.6) is 0 Å². The van der Waals surface area contributed by atoms with Crippen LogP contribution in [0.25, 0.3) is 17.0 Å². The number of H-pyrrole nitrogens is 1. The molecule has 0 atom stereocenters. The van der Waals surface area contributed by atoms with Crippen LogP contribution in [-0.2, 0) is 9.84 Å². The molecule has 0 fully saturated rings. The first-order valence-corrected chi connectivity index (χ1v) is 8.20. The molecule has 0 saturated heterocycles. The van der Waals surface area contributed by atoms with E-state index in [0.29, 0.717) is 16.5 Å². The average Bonchev–Trinajstić information content (AvgIpc) is 2.96. The van der Waals surface area contributed by atoms with Crippen molar-refractivity contribution >= 4 is 26.8 Å². The molecule has 116 valence electrons. The van der Waals surface area contributed by atoms with E-state index >= 15 is 0 Å². The van der Waals surface area contributed by atoms with Crippen molar-refractivity contribution in [3.63, 3.8) is 0 Å². The van der Waals surface area contributed by atoms with Crippen LogP contribution in [0.1, 0.15) is 5.56 Å². The van der Waals surface area contributed by atoms with E-state index in [-0.39, 0.29) is 9.79 Å². The lowest BCUT2D eigenvalue weighted by Gasteiger charge is -2.05. The number of benzene rings is 2. The average molecular weight is 328 g/mol. The summed E-state index contributed by atoms with van der Waals surface area (Å²) in [6.07, 6.45) is 3.75. The number of nitrogens with one attached hydrogen (secondary N) is 1. The van der Waals surface area contributed by atoms with Gasteiger partial charge < -0.3 is 4.98 Å². The summed E-state index contributed by atoms with van der Waals surface area (Å²) < 4.78 is 25.3. The van der Waals surface area contributed by atoms with Crippen LogP contribution in [0.2, 0.25) is 0 Å². The normalized spacial score (nSPS) is 12.0. The molecule has 3 aromatic rings. The van der Waals surface area contributed by atoms with Gasteiger partial charge in [-0.15, -0.1) is 0 Å². The molecule has 0 aliphatic heterocycles. The lowest BCUT2D eigenvalue weighted by molar-refractivity contribution is -0.400. The van der Waals surface area contributed by atoms with Crippen LogP contribution in [0, 0.1) is 10.1 Å². The van der Waals surface area contributed by atoms with Crippen molar-refractivity contribution in [2.45, 2.75) is 9.79 Å². The fourth-order valence-electron chi connectivity index (χ4n) is 2.30. The molecular formula is C16H12N2O4S. The topological polar surface area (TPSA) is 93.1 Å². The molecule has 0 bridgehead atoms. The Kier molecular flexibility index (Phi) is 3.71. The van der Waals surface area contributed by atoms with Crippen LogP contribution >= 0.6 is 0 Å². The molecule has 0 radical (unpaired) electrons. The van der Waals surface area contributed by atoms with E-state index in [9.17, 15) is 18.5 Å². The number of hydrogen-bond donors (Lipinski definition) is 1. The van der Waals surface area contributed by atoms with Gasteiger partial charge in [-0.2, -0.15) is 0 Å². The summed E-state index contributed by atoms with van der Waals surface area (Å²) in [6, 6.07) is 12.8. The van der Waals surface area contributed by atoms with Crippen LogP contribution in [0.15, 0.2) is 70.7 Å². The number of aromatic nitrogens is 1. The maximum Gasteiger partial charge on any atom is 0.235 e. The van der Waals surface area contributed by atoms with E-state index in [0.717, 1.165) is 6.20 Å². The fourth-order valence-corrected chi connectivity index (χ4v) is 3.61. The van der Waals surface area contributed by atoms with Gasteiger partial charge in [0, 0.05) is 28.7 Å². The maximum absolute atomic E-state index is 12.6. The number of aromatic amines is 1. The summed E-state index contributed by atoms with van der Waals surface area (Å²) >= 11 is 0. The van der Waals surface area contributed by atoms with E-state index in [1.54, 1.807) is 30.5 Å². The predicted octanol–water partition coefficient (Wildman–Crippen LogP) is 3.25. The van der Waals surface area contributed by atoms with Gasteiger partial charge in [0.15, 0.2) is 0 Å². The third-order valence-corrected chi connectivity index (χ3v) is 5.19. The summed E-state index contributed by atoms with van der Waals surface area (Å²) in [4.78, 5) is 13.2. The van der Waals surface area contributed by atoms with Gasteiger partial charge in [-0.05, 0) is 30.3 Å². The van der Waals surface area contributed by atoms with Crippen molar-refractivity contribution < 1.29 is 13.3 Å². The number of rotatable bonds is 4. The molecule has 0 aliphatic rings. The second-order valence-electron chi connectivity index (χ2n) is 4.87. The van der Waals surface area contributed by atoms with Gasteiger partial charge in [-0.1, -0.05) is 18.2 Å². The smallest absolute Gasteiger partial charge is 0.235 e. The molecular weight excluding hydrogens is 316 g/mol. The molecule has 3 rings (SSSR count). The van der Waals surface area contributed by atoms with Gasteiger partial charge in [0.1, 0.15) is 0 Å². The third kappa shape index (κ3) is 2.86. The van der Waals surface area contributed by atoms with Crippen LogP contribution in [-0.4, -0.2) is 18.3 Å². The summed E-state index contributed by atoms with van der Waals surface area (Å²) in [5.41, 5.74) is 1.27. The molecule has 23 heavy (non-hydrogen) atoms. The molecule has 0 unspecified atom stereocenters. The lowest BCUT2D eigenvalue weighted by Crippen LogP contribution is -2.01. The van der Waals surface area contributed by atoms with Crippen molar-refractivity contribution in [1.82, 2.24) is 4.98 Å². The molecule has 1 aromatic heterocycles. The van der Waals surface area contributed by atoms with Crippen molar-refractivity contribution in [3.8, 4) is 0 Å². The second kappa shape index (κ2) is 5.69. The largest absolute Gasteiger partial charge is 0.361 e. The third-order valence-electron chi connectivity index (χ3n) is 3.42. The first-order chi connectivity index (χ1) is 11.0. The highest BCUT2D eigenvalue weighted by molar-refractivity contribution is 7.91. The van der Waals surface area contributed by atoms with E-state index in [1.807, 2.05) is 0 Å². The zero-order chi connectivity index (χ0) is 16.4. The van der Waals surface area contributed by atoms with Crippen LogP contribution < -0.4 is 0 Å². The van der Waals surface area contributed by atoms with Gasteiger partial charge in [0.05, 0.1) is 14.7 Å². The number of nitrogens with zero attached hydrogens (tertiary/aromatic N) is 1. The molecule has 0 spiro atoms. The SMILES string of the molecule is O=[N+]([O-])/C=C/c1c[nH]c2ccc(S(=O)(=O)c3ccccc3)cc12. The molecule has 0 saturated carbocycles. The van der Waals surface area contributed by atoms with Crippen LogP contribution in [0.4, 0.5) is 0 Å². The Bertz CT molecular complexity index is 1000. The van der Waals surface area contributed by atoms with Crippen molar-refractivity contribution in [2.24, 2.45) is 0 Å². The minimum absolute atomic E-state index is 0.145. The molecule has 1 N–H and O–H groups in total. The minimum Gasteiger partial charge on any atom is -0.361 e. The van der Waals surface area contributed by atoms with E-state index in [4.69, 9.17) is 0 Å². The van der Waals surface area contributed by atoms with Crippen molar-refractivity contribution in [1.29, 1.82) is 0 Å². The van der Waals surface area contributed by atoms with Crippen molar-refractivity contribution in [3.05, 3.63) is 76.6 Å². The first kappa shape index (κ1) is 15.0. The summed E-state index contributed by atoms with van der Waals surface area (Å²) in [6.45, 7) is 0.